The van der Waals surface area contributed by atoms with Crippen molar-refractivity contribution in [3.63, 3.8) is 0 Å². The fourth-order valence-corrected chi connectivity index (χ4v) is 3.36. The van der Waals surface area contributed by atoms with Crippen LogP contribution in [0.2, 0.25) is 0 Å². The molecule has 1 aromatic carbocycles. The van der Waals surface area contributed by atoms with Gasteiger partial charge in [0, 0.05) is 42.0 Å². The molecular formula is C20H19F3N4O2. The Morgan fingerprint density at radius 1 is 1.41 bits per heavy atom. The number of aliphatic hydroxyl groups is 1. The molecule has 29 heavy (non-hydrogen) atoms. The van der Waals surface area contributed by atoms with Crippen molar-refractivity contribution in [3.05, 3.63) is 47.3 Å². The zero-order valence-corrected chi connectivity index (χ0v) is 15.6. The topological polar surface area (TPSA) is 79.2 Å². The number of halogens is 3. The second-order valence-electron chi connectivity index (χ2n) is 7.38. The SMILES string of the molecule is CC(F)(F)[C@@]1(C#CC2CC2)NC(=O)Nc2cc(Cn3ccnc3CO)c(F)cc21. The summed E-state index contributed by atoms with van der Waals surface area (Å²) >= 11 is 0. The number of fused-ring (bicyclic) bond motifs is 1. The molecule has 1 aliphatic carbocycles. The van der Waals surface area contributed by atoms with E-state index >= 15 is 0 Å². The van der Waals surface area contributed by atoms with Crippen molar-refractivity contribution in [2.45, 2.75) is 44.4 Å². The number of alkyl halides is 2. The van der Waals surface area contributed by atoms with E-state index in [-0.39, 0.29) is 35.9 Å². The number of rotatable bonds is 4. The second-order valence-corrected chi connectivity index (χ2v) is 7.38. The zero-order valence-electron chi connectivity index (χ0n) is 15.6. The van der Waals surface area contributed by atoms with E-state index in [1.807, 2.05) is 0 Å². The molecule has 0 radical (unpaired) electrons. The fraction of sp³-hybridized carbons (Fsp3) is 0.400. The molecular weight excluding hydrogens is 385 g/mol. The predicted molar refractivity (Wildman–Crippen MR) is 98.6 cm³/mol. The van der Waals surface area contributed by atoms with Crippen LogP contribution in [-0.2, 0) is 18.7 Å². The molecule has 2 aliphatic rings. The molecule has 1 atom stereocenters. The van der Waals surface area contributed by atoms with Gasteiger partial charge in [-0.3, -0.25) is 0 Å². The van der Waals surface area contributed by atoms with Gasteiger partial charge in [-0.25, -0.2) is 22.9 Å². The molecule has 1 aromatic heterocycles. The maximum atomic E-state index is 14.9. The first kappa shape index (κ1) is 19.3. The molecule has 2 amide bonds. The van der Waals surface area contributed by atoms with Crippen LogP contribution in [0.1, 0.15) is 36.7 Å². The van der Waals surface area contributed by atoms with Crippen molar-refractivity contribution in [2.75, 3.05) is 5.32 Å². The highest BCUT2D eigenvalue weighted by Crippen LogP contribution is 2.44. The van der Waals surface area contributed by atoms with E-state index in [9.17, 15) is 23.1 Å². The lowest BCUT2D eigenvalue weighted by molar-refractivity contribution is -0.0465. The van der Waals surface area contributed by atoms with Crippen molar-refractivity contribution in [3.8, 4) is 11.8 Å². The first-order valence-electron chi connectivity index (χ1n) is 9.17. The minimum atomic E-state index is -3.45. The van der Waals surface area contributed by atoms with E-state index < -0.39 is 23.3 Å². The average Bonchev–Trinajstić information content (AvgIpc) is 3.37. The van der Waals surface area contributed by atoms with Crippen LogP contribution in [0.25, 0.3) is 0 Å². The number of anilines is 1. The summed E-state index contributed by atoms with van der Waals surface area (Å²) in [4.78, 5) is 16.2. The van der Waals surface area contributed by atoms with Gasteiger partial charge >= 0.3 is 6.03 Å². The van der Waals surface area contributed by atoms with Crippen molar-refractivity contribution >= 4 is 11.7 Å². The number of imidazole rings is 1. The lowest BCUT2D eigenvalue weighted by Gasteiger charge is -2.40. The largest absolute Gasteiger partial charge is 0.388 e. The van der Waals surface area contributed by atoms with Crippen LogP contribution in [0.4, 0.5) is 23.7 Å². The number of amides is 2. The van der Waals surface area contributed by atoms with Crippen molar-refractivity contribution in [1.82, 2.24) is 14.9 Å². The van der Waals surface area contributed by atoms with Crippen molar-refractivity contribution < 1.29 is 23.1 Å². The van der Waals surface area contributed by atoms with Gasteiger partial charge in [0.25, 0.3) is 5.92 Å². The normalized spacial score (nSPS) is 20.9. The third-order valence-corrected chi connectivity index (χ3v) is 5.12. The van der Waals surface area contributed by atoms with Crippen LogP contribution in [-0.4, -0.2) is 26.6 Å². The summed E-state index contributed by atoms with van der Waals surface area (Å²) in [5, 5.41) is 14.0. The molecule has 3 N–H and O–H groups in total. The first-order chi connectivity index (χ1) is 13.7. The highest BCUT2D eigenvalue weighted by molar-refractivity contribution is 5.95. The third-order valence-electron chi connectivity index (χ3n) is 5.12. The van der Waals surface area contributed by atoms with Gasteiger partial charge in [-0.1, -0.05) is 11.8 Å². The van der Waals surface area contributed by atoms with Gasteiger partial charge in [0.2, 0.25) is 0 Å². The highest BCUT2D eigenvalue weighted by atomic mass is 19.3. The van der Waals surface area contributed by atoms with Crippen LogP contribution in [0.15, 0.2) is 24.5 Å². The minimum absolute atomic E-state index is 0.0155. The smallest absolute Gasteiger partial charge is 0.320 e. The van der Waals surface area contributed by atoms with Crippen LogP contribution < -0.4 is 10.6 Å². The van der Waals surface area contributed by atoms with Crippen molar-refractivity contribution in [1.29, 1.82) is 0 Å². The maximum absolute atomic E-state index is 14.9. The molecule has 1 aliphatic heterocycles. The van der Waals surface area contributed by atoms with Gasteiger partial charge in [-0.2, -0.15) is 0 Å². The average molecular weight is 404 g/mol. The molecule has 0 unspecified atom stereocenters. The molecule has 152 valence electrons. The summed E-state index contributed by atoms with van der Waals surface area (Å²) in [7, 11) is 0. The first-order valence-corrected chi connectivity index (χ1v) is 9.17. The van der Waals surface area contributed by atoms with Crippen LogP contribution in [0, 0.1) is 23.6 Å². The summed E-state index contributed by atoms with van der Waals surface area (Å²) < 4.78 is 45.9. The summed E-state index contributed by atoms with van der Waals surface area (Å²) in [6, 6.07) is 1.48. The van der Waals surface area contributed by atoms with Crippen molar-refractivity contribution in [2.24, 2.45) is 5.92 Å². The number of hydrogen-bond donors (Lipinski definition) is 3. The van der Waals surface area contributed by atoms with Gasteiger partial charge in [0.1, 0.15) is 18.2 Å². The molecule has 0 bridgehead atoms. The number of urea groups is 1. The molecule has 2 aromatic rings. The predicted octanol–water partition coefficient (Wildman–Crippen LogP) is 2.96. The van der Waals surface area contributed by atoms with Gasteiger partial charge in [-0.15, -0.1) is 0 Å². The molecule has 0 spiro atoms. The zero-order chi connectivity index (χ0) is 20.8. The number of carbonyl (C=O) groups is 1. The Morgan fingerprint density at radius 3 is 2.83 bits per heavy atom. The molecule has 1 fully saturated rings. The minimum Gasteiger partial charge on any atom is -0.388 e. The Bertz CT molecular complexity index is 1030. The molecule has 1 saturated carbocycles. The number of hydrogen-bond acceptors (Lipinski definition) is 3. The summed E-state index contributed by atoms with van der Waals surface area (Å²) in [6.45, 7) is 0.346. The van der Waals surface area contributed by atoms with Gasteiger partial charge < -0.3 is 20.3 Å². The summed E-state index contributed by atoms with van der Waals surface area (Å²) in [5.41, 5.74) is -2.21. The second kappa shape index (κ2) is 6.81. The van der Waals surface area contributed by atoms with Gasteiger partial charge in [0.05, 0.1) is 6.54 Å². The quantitative estimate of drug-likeness (QED) is 0.686. The van der Waals surface area contributed by atoms with Gasteiger partial charge in [-0.05, 0) is 25.0 Å². The lowest BCUT2D eigenvalue weighted by Crippen LogP contribution is -2.59. The Balaban J connectivity index is 1.82. The molecule has 6 nitrogen and oxygen atoms in total. The van der Waals surface area contributed by atoms with E-state index in [0.717, 1.165) is 18.9 Å². The standard InChI is InChI=1S/C20H19F3N4O2/c1-19(22,23)20(5-4-12-2-3-12)14-9-15(21)13(8-16(14)25-18(29)26-20)10-27-7-6-24-17(27)11-28/h6-9,12,28H,2-3,10-11H2,1H3,(H2,25,26,29)/t20-/m0/s1. The molecule has 9 heteroatoms. The van der Waals surface area contributed by atoms with E-state index in [1.165, 1.54) is 16.8 Å². The number of nitrogens with zero attached hydrogens (tertiary/aromatic N) is 2. The maximum Gasteiger partial charge on any atom is 0.320 e. The highest BCUT2D eigenvalue weighted by Gasteiger charge is 2.55. The molecule has 0 saturated heterocycles. The monoisotopic (exact) mass is 404 g/mol. The van der Waals surface area contributed by atoms with E-state index in [2.05, 4.69) is 27.5 Å². The summed E-state index contributed by atoms with van der Waals surface area (Å²) in [6.07, 6.45) is 4.67. The number of aliphatic hydroxyl groups excluding tert-OH is 1. The molecule has 4 rings (SSSR count). The van der Waals surface area contributed by atoms with Gasteiger partial charge in [0.15, 0.2) is 5.54 Å². The number of carbonyl (C=O) groups excluding carboxylic acids is 1. The number of benzene rings is 1. The Kier molecular flexibility index (Phi) is 4.54. The summed E-state index contributed by atoms with van der Waals surface area (Å²) in [5.74, 6) is 1.51. The fourth-order valence-electron chi connectivity index (χ4n) is 3.36. The lowest BCUT2D eigenvalue weighted by atomic mass is 9.81. The molecule has 2 heterocycles. The van der Waals surface area contributed by atoms with E-state index in [0.29, 0.717) is 12.7 Å². The van der Waals surface area contributed by atoms with E-state index in [1.54, 1.807) is 6.20 Å². The number of nitrogens with one attached hydrogen (secondary N) is 2. The number of aromatic nitrogens is 2. The Morgan fingerprint density at radius 2 is 2.17 bits per heavy atom. The Labute approximate surface area is 165 Å². The van der Waals surface area contributed by atoms with Crippen LogP contribution >= 0.6 is 0 Å². The van der Waals surface area contributed by atoms with Crippen LogP contribution in [0.5, 0.6) is 0 Å². The van der Waals surface area contributed by atoms with Crippen LogP contribution in [0.3, 0.4) is 0 Å². The third kappa shape index (κ3) is 3.44. The van der Waals surface area contributed by atoms with E-state index in [4.69, 9.17) is 0 Å². The Hall–Kier alpha value is -2.99.